The summed E-state index contributed by atoms with van der Waals surface area (Å²) in [6, 6.07) is 11.8. The predicted octanol–water partition coefficient (Wildman–Crippen LogP) is 3.52. The standard InChI is InChI=1S/C18H18ClFN2O3S/c19-14-7-9-15(10-8-14)26(24,25)22-11-3-4-13(12-22)18(23)21-17-6-2-1-5-16(17)20/h1-2,5-10,13H,3-4,11-12H2,(H,21,23)/t13-/m0/s1. The molecule has 1 amide bonds. The normalized spacial score (nSPS) is 18.5. The first-order chi connectivity index (χ1) is 12.4. The molecule has 1 aliphatic rings. The number of amides is 1. The van der Waals surface area contributed by atoms with Crippen LogP contribution in [0.4, 0.5) is 10.1 Å². The van der Waals surface area contributed by atoms with E-state index in [0.717, 1.165) is 0 Å². The number of anilines is 1. The smallest absolute Gasteiger partial charge is 0.243 e. The number of para-hydroxylation sites is 1. The van der Waals surface area contributed by atoms with Crippen LogP contribution in [-0.4, -0.2) is 31.7 Å². The molecule has 0 aromatic heterocycles. The topological polar surface area (TPSA) is 66.5 Å². The Morgan fingerprint density at radius 1 is 1.15 bits per heavy atom. The predicted molar refractivity (Wildman–Crippen MR) is 98.0 cm³/mol. The summed E-state index contributed by atoms with van der Waals surface area (Å²) < 4.78 is 40.5. The van der Waals surface area contributed by atoms with Crippen molar-refractivity contribution in [2.45, 2.75) is 17.7 Å². The van der Waals surface area contributed by atoms with E-state index in [9.17, 15) is 17.6 Å². The van der Waals surface area contributed by atoms with Gasteiger partial charge in [-0.25, -0.2) is 12.8 Å². The summed E-state index contributed by atoms with van der Waals surface area (Å²) in [6.07, 6.45) is 1.11. The molecule has 1 fully saturated rings. The molecule has 1 atom stereocenters. The molecule has 138 valence electrons. The summed E-state index contributed by atoms with van der Waals surface area (Å²) in [5.74, 6) is -1.45. The van der Waals surface area contributed by atoms with Crippen LogP contribution in [-0.2, 0) is 14.8 Å². The molecule has 2 aromatic carbocycles. The van der Waals surface area contributed by atoms with Crippen LogP contribution in [0.25, 0.3) is 0 Å². The lowest BCUT2D eigenvalue weighted by Crippen LogP contribution is -2.43. The van der Waals surface area contributed by atoms with Crippen molar-refractivity contribution in [2.24, 2.45) is 5.92 Å². The number of hydrogen-bond donors (Lipinski definition) is 1. The summed E-state index contributed by atoms with van der Waals surface area (Å²) in [7, 11) is -3.71. The van der Waals surface area contributed by atoms with Gasteiger partial charge >= 0.3 is 0 Å². The van der Waals surface area contributed by atoms with Gasteiger partial charge < -0.3 is 5.32 Å². The van der Waals surface area contributed by atoms with Gasteiger partial charge in [0.05, 0.1) is 16.5 Å². The molecule has 0 aliphatic carbocycles. The van der Waals surface area contributed by atoms with Crippen molar-refractivity contribution in [3.63, 3.8) is 0 Å². The molecule has 0 bridgehead atoms. The van der Waals surface area contributed by atoms with Gasteiger partial charge in [0, 0.05) is 18.1 Å². The molecule has 0 saturated carbocycles. The van der Waals surface area contributed by atoms with Crippen molar-refractivity contribution < 1.29 is 17.6 Å². The summed E-state index contributed by atoms with van der Waals surface area (Å²) >= 11 is 5.81. The summed E-state index contributed by atoms with van der Waals surface area (Å²) in [5, 5.41) is 3.00. The Labute approximate surface area is 156 Å². The van der Waals surface area contributed by atoms with Crippen LogP contribution in [0, 0.1) is 11.7 Å². The van der Waals surface area contributed by atoms with Gasteiger partial charge in [-0.2, -0.15) is 4.31 Å². The molecule has 1 heterocycles. The molecule has 1 N–H and O–H groups in total. The fraction of sp³-hybridized carbons (Fsp3) is 0.278. The number of benzene rings is 2. The molecule has 0 radical (unpaired) electrons. The van der Waals surface area contributed by atoms with Crippen LogP contribution in [0.1, 0.15) is 12.8 Å². The maximum Gasteiger partial charge on any atom is 0.243 e. The van der Waals surface area contributed by atoms with Crippen LogP contribution in [0.5, 0.6) is 0 Å². The Kier molecular flexibility index (Phi) is 5.60. The van der Waals surface area contributed by atoms with Crippen molar-refractivity contribution in [1.29, 1.82) is 0 Å². The zero-order valence-corrected chi connectivity index (χ0v) is 15.4. The quantitative estimate of drug-likeness (QED) is 0.859. The molecule has 0 spiro atoms. The Hall–Kier alpha value is -1.96. The SMILES string of the molecule is O=C(Nc1ccccc1F)[C@H]1CCCN(S(=O)(=O)c2ccc(Cl)cc2)C1. The maximum absolute atomic E-state index is 13.7. The molecule has 5 nitrogen and oxygen atoms in total. The van der Waals surface area contributed by atoms with Crippen molar-refractivity contribution >= 4 is 33.2 Å². The molecule has 2 aromatic rings. The zero-order chi connectivity index (χ0) is 18.7. The minimum Gasteiger partial charge on any atom is -0.323 e. The number of piperidine rings is 1. The number of sulfonamides is 1. The third-order valence-electron chi connectivity index (χ3n) is 4.34. The lowest BCUT2D eigenvalue weighted by Gasteiger charge is -2.31. The Balaban J connectivity index is 1.73. The fourth-order valence-corrected chi connectivity index (χ4v) is 4.58. The Bertz CT molecular complexity index is 903. The molecule has 3 rings (SSSR count). The van der Waals surface area contributed by atoms with Gasteiger partial charge in [-0.3, -0.25) is 4.79 Å². The van der Waals surface area contributed by atoms with Crippen molar-refractivity contribution in [2.75, 3.05) is 18.4 Å². The van der Waals surface area contributed by atoms with Crippen molar-refractivity contribution in [3.8, 4) is 0 Å². The molecule has 8 heteroatoms. The molecule has 0 unspecified atom stereocenters. The first-order valence-electron chi connectivity index (χ1n) is 8.19. The average Bonchev–Trinajstić information content (AvgIpc) is 2.64. The summed E-state index contributed by atoms with van der Waals surface area (Å²) in [6.45, 7) is 0.402. The van der Waals surface area contributed by atoms with Gasteiger partial charge in [0.2, 0.25) is 15.9 Å². The van der Waals surface area contributed by atoms with Crippen molar-refractivity contribution in [1.82, 2.24) is 4.31 Å². The first kappa shape index (κ1) is 18.8. The highest BCUT2D eigenvalue weighted by molar-refractivity contribution is 7.89. The van der Waals surface area contributed by atoms with E-state index in [0.29, 0.717) is 24.4 Å². The van der Waals surface area contributed by atoms with Gasteiger partial charge in [0.1, 0.15) is 5.82 Å². The van der Waals surface area contributed by atoms with Gasteiger partial charge in [-0.05, 0) is 49.2 Å². The lowest BCUT2D eigenvalue weighted by molar-refractivity contribution is -0.120. The Morgan fingerprint density at radius 2 is 1.85 bits per heavy atom. The van der Waals surface area contributed by atoms with Crippen LogP contribution >= 0.6 is 11.6 Å². The highest BCUT2D eigenvalue weighted by atomic mass is 35.5. The van der Waals surface area contributed by atoms with Crippen LogP contribution in [0.2, 0.25) is 5.02 Å². The molecule has 1 saturated heterocycles. The average molecular weight is 397 g/mol. The number of carbonyl (C=O) groups excluding carboxylic acids is 1. The molecular formula is C18H18ClFN2O3S. The van der Waals surface area contributed by atoms with Crippen LogP contribution < -0.4 is 5.32 Å². The first-order valence-corrected chi connectivity index (χ1v) is 10.0. The number of halogens is 2. The lowest BCUT2D eigenvalue weighted by atomic mass is 9.98. The van der Waals surface area contributed by atoms with E-state index in [1.165, 1.54) is 46.8 Å². The second kappa shape index (κ2) is 7.73. The highest BCUT2D eigenvalue weighted by Crippen LogP contribution is 2.26. The number of rotatable bonds is 4. The minimum absolute atomic E-state index is 0.0608. The molecule has 1 aliphatic heterocycles. The zero-order valence-electron chi connectivity index (χ0n) is 13.9. The van der Waals surface area contributed by atoms with E-state index in [4.69, 9.17) is 11.6 Å². The number of carbonyl (C=O) groups is 1. The van der Waals surface area contributed by atoms with Crippen LogP contribution in [0.15, 0.2) is 53.4 Å². The van der Waals surface area contributed by atoms with Gasteiger partial charge in [0.25, 0.3) is 0 Å². The second-order valence-corrected chi connectivity index (χ2v) is 8.50. The molecule has 26 heavy (non-hydrogen) atoms. The van der Waals surface area contributed by atoms with Crippen molar-refractivity contribution in [3.05, 3.63) is 59.4 Å². The van der Waals surface area contributed by atoms with E-state index in [1.54, 1.807) is 6.07 Å². The van der Waals surface area contributed by atoms with Gasteiger partial charge in [-0.15, -0.1) is 0 Å². The van der Waals surface area contributed by atoms with E-state index in [1.807, 2.05) is 0 Å². The number of nitrogens with one attached hydrogen (secondary N) is 1. The van der Waals surface area contributed by atoms with E-state index < -0.39 is 21.8 Å². The minimum atomic E-state index is -3.71. The highest BCUT2D eigenvalue weighted by Gasteiger charge is 2.33. The molecular weight excluding hydrogens is 379 g/mol. The van der Waals surface area contributed by atoms with Gasteiger partial charge in [-0.1, -0.05) is 23.7 Å². The summed E-state index contributed by atoms with van der Waals surface area (Å²) in [5.41, 5.74) is 0.0928. The van der Waals surface area contributed by atoms with E-state index in [-0.39, 0.29) is 23.0 Å². The van der Waals surface area contributed by atoms with E-state index in [2.05, 4.69) is 5.32 Å². The maximum atomic E-state index is 13.7. The van der Waals surface area contributed by atoms with E-state index >= 15 is 0 Å². The third kappa shape index (κ3) is 4.06. The number of hydrogen-bond acceptors (Lipinski definition) is 3. The summed E-state index contributed by atoms with van der Waals surface area (Å²) in [4.78, 5) is 12.6. The largest absolute Gasteiger partial charge is 0.323 e. The Morgan fingerprint density at radius 3 is 2.54 bits per heavy atom. The van der Waals surface area contributed by atoms with Gasteiger partial charge in [0.15, 0.2) is 0 Å². The monoisotopic (exact) mass is 396 g/mol. The fourth-order valence-electron chi connectivity index (χ4n) is 2.93. The third-order valence-corrected chi connectivity index (χ3v) is 6.47. The number of nitrogens with zero attached hydrogens (tertiary/aromatic N) is 1. The van der Waals surface area contributed by atoms with Crippen LogP contribution in [0.3, 0.4) is 0 Å². The second-order valence-electron chi connectivity index (χ2n) is 6.13.